The second-order valence-corrected chi connectivity index (χ2v) is 16.4. The van der Waals surface area contributed by atoms with Crippen LogP contribution in [0.2, 0.25) is 0 Å². The van der Waals surface area contributed by atoms with Gasteiger partial charge in [0.25, 0.3) is 11.8 Å². The van der Waals surface area contributed by atoms with Crippen LogP contribution in [0.15, 0.2) is 146 Å². The third-order valence-electron chi connectivity index (χ3n) is 12.9. The fourth-order valence-electron chi connectivity index (χ4n) is 9.68. The maximum Gasteiger partial charge on any atom is 0.258 e. The van der Waals surface area contributed by atoms with E-state index in [1.165, 1.54) is 0 Å². The van der Waals surface area contributed by atoms with E-state index >= 15 is 9.59 Å². The molecule has 2 atom stereocenters. The van der Waals surface area contributed by atoms with Gasteiger partial charge in [0, 0.05) is 22.3 Å². The Morgan fingerprint density at radius 3 is 0.859 bits per heavy atom. The highest BCUT2D eigenvalue weighted by atomic mass is 16.5. The van der Waals surface area contributed by atoms with Gasteiger partial charge in [-0.3, -0.25) is 20.0 Å². The average Bonchev–Trinajstić information content (AvgIpc) is 3.34. The van der Waals surface area contributed by atoms with Crippen LogP contribution in [-0.4, -0.2) is 72.9 Å². The van der Waals surface area contributed by atoms with E-state index in [0.717, 1.165) is 53.2 Å². The minimum atomic E-state index is -1.12. The van der Waals surface area contributed by atoms with Crippen LogP contribution in [0.3, 0.4) is 0 Å². The molecule has 0 bridgehead atoms. The number of methoxy groups -OCH3 is 4. The van der Waals surface area contributed by atoms with Crippen molar-refractivity contribution < 1.29 is 39.0 Å². The fourth-order valence-corrected chi connectivity index (χ4v) is 9.68. The van der Waals surface area contributed by atoms with Gasteiger partial charge < -0.3 is 18.9 Å². The van der Waals surface area contributed by atoms with Crippen molar-refractivity contribution >= 4 is 54.9 Å². The summed E-state index contributed by atoms with van der Waals surface area (Å²) >= 11 is 0. The third kappa shape index (κ3) is 7.69. The molecule has 2 unspecified atom stereocenters. The van der Waals surface area contributed by atoms with E-state index < -0.39 is 35.7 Å². The van der Waals surface area contributed by atoms with E-state index in [9.17, 15) is 10.4 Å². The zero-order chi connectivity index (χ0) is 44.5. The van der Waals surface area contributed by atoms with Crippen molar-refractivity contribution in [2.75, 3.05) is 28.4 Å². The van der Waals surface area contributed by atoms with Crippen molar-refractivity contribution in [2.45, 2.75) is 49.6 Å². The highest BCUT2D eigenvalue weighted by Gasteiger charge is 2.44. The Balaban J connectivity index is 1.16. The number of amides is 2. The lowest BCUT2D eigenvalue weighted by atomic mass is 9.83. The number of nitrogens with zero attached hydrogens (tertiary/aromatic N) is 2. The van der Waals surface area contributed by atoms with Gasteiger partial charge in [-0.15, -0.1) is 0 Å². The largest absolute Gasteiger partial charge is 0.496 e. The molecule has 0 saturated heterocycles. The summed E-state index contributed by atoms with van der Waals surface area (Å²) in [4.78, 5) is 30.9. The molecule has 10 heteroatoms. The Labute approximate surface area is 371 Å². The van der Waals surface area contributed by atoms with Crippen molar-refractivity contribution in [1.82, 2.24) is 10.1 Å². The number of hydrogen-bond acceptors (Lipinski definition) is 8. The molecular weight excluding hydrogens is 805 g/mol. The predicted molar refractivity (Wildman–Crippen MR) is 249 cm³/mol. The maximum atomic E-state index is 15.4. The Kier molecular flexibility index (Phi) is 11.8. The van der Waals surface area contributed by atoms with E-state index in [2.05, 4.69) is 0 Å². The first-order valence-corrected chi connectivity index (χ1v) is 21.5. The van der Waals surface area contributed by atoms with Gasteiger partial charge in [0.05, 0.1) is 52.4 Å². The molecule has 324 valence electrons. The lowest BCUT2D eigenvalue weighted by Gasteiger charge is -2.41. The van der Waals surface area contributed by atoms with Crippen LogP contribution in [0.4, 0.5) is 0 Å². The molecule has 0 aromatic heterocycles. The standard InChI is InChI=1S/C54H50N2O8/c1-61-47-29-37-19-9-5-15-33(37)25-41(47)51(42-26-34-16-6-10-20-38(34)30-48(42)62-2)53(57)55(59)45-23-13-14-24-46(45)56(60)54(58)52(43-27-35-17-7-11-21-39(35)31-49(43)63-3)44-28-36-18-8-12-22-40(36)32-50(44)64-4/h5-12,15-22,25-32,45-46,51-52,59-60H,13-14,23-24H2,1-4H3. The van der Waals surface area contributed by atoms with Crippen LogP contribution in [-0.2, 0) is 9.59 Å². The molecule has 2 amide bonds. The molecule has 0 aliphatic heterocycles. The van der Waals surface area contributed by atoms with Gasteiger partial charge in [0.2, 0.25) is 0 Å². The monoisotopic (exact) mass is 854 g/mol. The van der Waals surface area contributed by atoms with Crippen LogP contribution in [0.1, 0.15) is 59.8 Å². The second kappa shape index (κ2) is 17.9. The number of carbonyl (C=O) groups excluding carboxylic acids is 2. The number of fused-ring (bicyclic) bond motifs is 4. The molecule has 8 aromatic rings. The van der Waals surface area contributed by atoms with Gasteiger partial charge in [-0.2, -0.15) is 0 Å². The molecule has 9 rings (SSSR count). The molecule has 0 spiro atoms. The van der Waals surface area contributed by atoms with Crippen LogP contribution in [0, 0.1) is 0 Å². The molecule has 1 fully saturated rings. The molecular formula is C54H50N2O8. The summed E-state index contributed by atoms with van der Waals surface area (Å²) in [5.74, 6) is -1.75. The predicted octanol–water partition coefficient (Wildman–Crippen LogP) is 11.0. The summed E-state index contributed by atoms with van der Waals surface area (Å²) in [5.41, 5.74) is 2.09. The van der Waals surface area contributed by atoms with Crippen LogP contribution >= 0.6 is 0 Å². The fraction of sp³-hybridized carbons (Fsp3) is 0.222. The van der Waals surface area contributed by atoms with E-state index in [-0.39, 0.29) is 0 Å². The Morgan fingerprint density at radius 1 is 0.422 bits per heavy atom. The van der Waals surface area contributed by atoms with Gasteiger partial charge in [-0.25, -0.2) is 10.1 Å². The highest BCUT2D eigenvalue weighted by molar-refractivity contribution is 5.96. The molecule has 0 heterocycles. The van der Waals surface area contributed by atoms with Crippen molar-refractivity contribution in [2.24, 2.45) is 0 Å². The second-order valence-electron chi connectivity index (χ2n) is 16.4. The highest BCUT2D eigenvalue weighted by Crippen LogP contribution is 2.45. The minimum Gasteiger partial charge on any atom is -0.496 e. The zero-order valence-electron chi connectivity index (χ0n) is 36.2. The molecule has 8 aromatic carbocycles. The first-order chi connectivity index (χ1) is 31.2. The lowest BCUT2D eigenvalue weighted by molar-refractivity contribution is -0.214. The van der Waals surface area contributed by atoms with Crippen molar-refractivity contribution in [3.8, 4) is 23.0 Å². The van der Waals surface area contributed by atoms with Crippen molar-refractivity contribution in [1.29, 1.82) is 0 Å². The van der Waals surface area contributed by atoms with Gasteiger partial charge in [0.1, 0.15) is 23.0 Å². The maximum absolute atomic E-state index is 15.4. The van der Waals surface area contributed by atoms with Gasteiger partial charge in [0.15, 0.2) is 0 Å². The van der Waals surface area contributed by atoms with E-state index in [0.29, 0.717) is 70.9 Å². The minimum absolute atomic E-state index is 0.316. The van der Waals surface area contributed by atoms with Crippen LogP contribution in [0.25, 0.3) is 43.1 Å². The normalized spacial score (nSPS) is 15.2. The summed E-state index contributed by atoms with van der Waals surface area (Å²) in [6.45, 7) is 0. The summed E-state index contributed by atoms with van der Waals surface area (Å²) in [6, 6.07) is 44.4. The Morgan fingerprint density at radius 2 is 0.641 bits per heavy atom. The van der Waals surface area contributed by atoms with E-state index in [4.69, 9.17) is 18.9 Å². The number of rotatable bonds is 12. The summed E-state index contributed by atoms with van der Waals surface area (Å²) in [6.07, 6.45) is 1.93. The van der Waals surface area contributed by atoms with Crippen LogP contribution in [0.5, 0.6) is 23.0 Å². The van der Waals surface area contributed by atoms with Gasteiger partial charge in [-0.05, 0) is 104 Å². The molecule has 1 saturated carbocycles. The summed E-state index contributed by atoms with van der Waals surface area (Å²) in [7, 11) is 6.23. The topological polar surface area (TPSA) is 118 Å². The van der Waals surface area contributed by atoms with Crippen molar-refractivity contribution in [3.05, 3.63) is 168 Å². The molecule has 1 aliphatic rings. The number of hydroxylamine groups is 4. The molecule has 10 nitrogen and oxygen atoms in total. The molecule has 1 aliphatic carbocycles. The summed E-state index contributed by atoms with van der Waals surface area (Å²) in [5, 5.41) is 33.6. The summed E-state index contributed by atoms with van der Waals surface area (Å²) < 4.78 is 23.9. The zero-order valence-corrected chi connectivity index (χ0v) is 36.2. The Hall–Kier alpha value is -7.14. The number of hydrogen-bond donors (Lipinski definition) is 2. The number of carbonyl (C=O) groups is 2. The average molecular weight is 855 g/mol. The first-order valence-electron chi connectivity index (χ1n) is 21.5. The number of ether oxygens (including phenoxy) is 4. The lowest BCUT2D eigenvalue weighted by Crippen LogP contribution is -2.56. The Bertz CT molecular complexity index is 2660. The molecule has 0 radical (unpaired) electrons. The number of benzene rings is 8. The van der Waals surface area contributed by atoms with Crippen LogP contribution < -0.4 is 18.9 Å². The van der Waals surface area contributed by atoms with Gasteiger partial charge in [-0.1, -0.05) is 110 Å². The van der Waals surface area contributed by atoms with E-state index in [1.54, 1.807) is 28.4 Å². The first kappa shape index (κ1) is 42.2. The van der Waals surface area contributed by atoms with Gasteiger partial charge >= 0.3 is 0 Å². The molecule has 2 N–H and O–H groups in total. The smallest absolute Gasteiger partial charge is 0.258 e. The van der Waals surface area contributed by atoms with Crippen molar-refractivity contribution in [3.63, 3.8) is 0 Å². The SMILES string of the molecule is COc1cc2ccccc2cc1C(C(=O)N(O)C1CCCCC1N(O)C(=O)C(c1cc2ccccc2cc1OC)c1cc2ccccc2cc1OC)c1cc2ccccc2cc1OC. The third-order valence-corrected chi connectivity index (χ3v) is 12.9. The molecule has 64 heavy (non-hydrogen) atoms. The quantitative estimate of drug-likeness (QED) is 0.0921. The van der Waals surface area contributed by atoms with E-state index in [1.807, 2.05) is 146 Å².